The highest BCUT2D eigenvalue weighted by Gasteiger charge is 2.54. The Kier molecular flexibility index (Phi) is 4.90. The summed E-state index contributed by atoms with van der Waals surface area (Å²) in [7, 11) is 4.28. The Bertz CT molecular complexity index is 672. The molecule has 2 aliphatic rings. The Balaban J connectivity index is 1.82. The van der Waals surface area contributed by atoms with Gasteiger partial charge in [0.1, 0.15) is 5.60 Å². The van der Waals surface area contributed by atoms with Gasteiger partial charge in [-0.1, -0.05) is 67.1 Å². The molecule has 2 heteroatoms. The van der Waals surface area contributed by atoms with Gasteiger partial charge >= 0.3 is 0 Å². The van der Waals surface area contributed by atoms with E-state index < -0.39 is 5.60 Å². The molecule has 1 atom stereocenters. The van der Waals surface area contributed by atoms with Gasteiger partial charge in [0.25, 0.3) is 0 Å². The predicted octanol–water partition coefficient (Wildman–Crippen LogP) is 4.18. The summed E-state index contributed by atoms with van der Waals surface area (Å²) in [6.45, 7) is 0. The number of aliphatic hydroxyl groups is 1. The maximum Gasteiger partial charge on any atom is 0.122 e. The fourth-order valence-electron chi connectivity index (χ4n) is 4.45. The molecule has 0 unspecified atom stereocenters. The van der Waals surface area contributed by atoms with Crippen molar-refractivity contribution in [2.45, 2.75) is 30.9 Å². The third-order valence-electron chi connectivity index (χ3n) is 5.74. The normalized spacial score (nSPS) is 22.7. The van der Waals surface area contributed by atoms with Crippen molar-refractivity contribution in [3.8, 4) is 0 Å². The van der Waals surface area contributed by atoms with Crippen LogP contribution in [0.4, 0.5) is 0 Å². The second-order valence-electron chi connectivity index (χ2n) is 7.50. The van der Waals surface area contributed by atoms with Crippen molar-refractivity contribution in [1.82, 2.24) is 4.90 Å². The van der Waals surface area contributed by atoms with Crippen LogP contribution in [0, 0.1) is 30.6 Å². The first kappa shape index (κ1) is 17.8. The van der Waals surface area contributed by atoms with E-state index in [4.69, 9.17) is 0 Å². The van der Waals surface area contributed by atoms with Gasteiger partial charge in [-0.2, -0.15) is 0 Å². The molecule has 0 spiro atoms. The smallest absolute Gasteiger partial charge is 0.122 e. The van der Waals surface area contributed by atoms with E-state index in [1.807, 2.05) is 60.7 Å². The van der Waals surface area contributed by atoms with E-state index in [2.05, 4.69) is 31.8 Å². The average Bonchev–Trinajstić information content (AvgIpc) is 3.13. The van der Waals surface area contributed by atoms with Crippen molar-refractivity contribution >= 4 is 0 Å². The third kappa shape index (κ3) is 2.90. The summed E-state index contributed by atoms with van der Waals surface area (Å²) < 4.78 is 0. The average molecular weight is 344 g/mol. The quantitative estimate of drug-likeness (QED) is 0.899. The first-order valence-corrected chi connectivity index (χ1v) is 9.41. The molecule has 2 nitrogen and oxygen atoms in total. The topological polar surface area (TPSA) is 23.5 Å². The third-order valence-corrected chi connectivity index (χ3v) is 5.74. The summed E-state index contributed by atoms with van der Waals surface area (Å²) in [6.07, 6.45) is 7.80. The molecule has 5 radical (unpaired) electrons. The molecule has 2 aromatic carbocycles. The minimum atomic E-state index is -1.14. The van der Waals surface area contributed by atoms with Crippen LogP contribution in [0.3, 0.4) is 0 Å². The molecule has 133 valence electrons. The fourth-order valence-corrected chi connectivity index (χ4v) is 4.45. The van der Waals surface area contributed by atoms with Crippen molar-refractivity contribution in [1.29, 1.82) is 0 Å². The lowest BCUT2D eigenvalue weighted by molar-refractivity contribution is 0.0945. The number of hydrogen-bond acceptors (Lipinski definition) is 2. The Labute approximate surface area is 157 Å². The van der Waals surface area contributed by atoms with Crippen molar-refractivity contribution < 1.29 is 5.11 Å². The van der Waals surface area contributed by atoms with Gasteiger partial charge in [0.05, 0.1) is 0 Å². The van der Waals surface area contributed by atoms with Gasteiger partial charge < -0.3 is 10.0 Å². The molecule has 2 aromatic rings. The minimum Gasteiger partial charge on any atom is -0.380 e. The zero-order valence-electron chi connectivity index (χ0n) is 15.5. The largest absolute Gasteiger partial charge is 0.380 e. The van der Waals surface area contributed by atoms with E-state index in [1.54, 1.807) is 0 Å². The van der Waals surface area contributed by atoms with Crippen LogP contribution in [0.2, 0.25) is 0 Å². The molecule has 1 N–H and O–H groups in total. The molecule has 0 aromatic heterocycles. The van der Waals surface area contributed by atoms with Crippen LogP contribution in [-0.2, 0) is 5.60 Å². The van der Waals surface area contributed by atoms with E-state index in [9.17, 15) is 5.11 Å². The van der Waals surface area contributed by atoms with Crippen LogP contribution < -0.4 is 0 Å². The molecule has 2 aliphatic carbocycles. The monoisotopic (exact) mass is 344 g/mol. The van der Waals surface area contributed by atoms with Gasteiger partial charge in [-0.05, 0) is 56.8 Å². The second-order valence-corrected chi connectivity index (χ2v) is 7.50. The summed E-state index contributed by atoms with van der Waals surface area (Å²) in [5.41, 5.74) is 0.701. The minimum absolute atomic E-state index is 0.350. The van der Waals surface area contributed by atoms with Crippen molar-refractivity contribution in [3.63, 3.8) is 0 Å². The number of rotatable bonds is 4. The number of benzene rings is 2. The molecule has 26 heavy (non-hydrogen) atoms. The lowest BCUT2D eigenvalue weighted by Gasteiger charge is -2.45. The molecule has 0 aliphatic heterocycles. The highest BCUT2D eigenvalue weighted by molar-refractivity contribution is 5.62. The molecule has 0 saturated heterocycles. The number of fused-ring (bicyclic) bond motifs is 1. The summed E-state index contributed by atoms with van der Waals surface area (Å²) in [6, 6.07) is 20.5. The summed E-state index contributed by atoms with van der Waals surface area (Å²) in [4.78, 5) is 2.29. The van der Waals surface area contributed by atoms with Crippen molar-refractivity contribution in [3.05, 3.63) is 102 Å². The van der Waals surface area contributed by atoms with E-state index >= 15 is 0 Å². The maximum atomic E-state index is 12.2. The van der Waals surface area contributed by atoms with Gasteiger partial charge in [0.15, 0.2) is 0 Å². The number of nitrogens with zero attached hydrogens (tertiary/aromatic N) is 1. The van der Waals surface area contributed by atoms with Gasteiger partial charge in [-0.25, -0.2) is 0 Å². The molecular weight excluding hydrogens is 318 g/mol. The SMILES string of the molecule is CN(C)[C@@H]1CCC[C]2[CH][CH][C](C(O)(c3ccccc3)c3ccccc3)[C]21. The van der Waals surface area contributed by atoms with Crippen molar-refractivity contribution in [2.75, 3.05) is 14.1 Å². The van der Waals surface area contributed by atoms with E-state index in [1.165, 1.54) is 18.3 Å². The lowest BCUT2D eigenvalue weighted by atomic mass is 9.65. The molecule has 4 rings (SSSR count). The zero-order chi connectivity index (χ0) is 18.1. The van der Waals surface area contributed by atoms with Crippen LogP contribution in [0.25, 0.3) is 0 Å². The highest BCUT2D eigenvalue weighted by Crippen LogP contribution is 2.57. The van der Waals surface area contributed by atoms with Crippen LogP contribution in [0.15, 0.2) is 60.7 Å². The van der Waals surface area contributed by atoms with E-state index in [0.717, 1.165) is 29.9 Å². The number of hydrogen-bond donors (Lipinski definition) is 1. The molecule has 2 saturated carbocycles. The highest BCUT2D eigenvalue weighted by atomic mass is 16.3. The van der Waals surface area contributed by atoms with Crippen molar-refractivity contribution in [2.24, 2.45) is 0 Å². The summed E-state index contributed by atoms with van der Waals surface area (Å²) in [5.74, 6) is 3.73. The summed E-state index contributed by atoms with van der Waals surface area (Å²) in [5, 5.41) is 12.2. The molecule has 0 bridgehead atoms. The predicted molar refractivity (Wildman–Crippen MR) is 106 cm³/mol. The zero-order valence-corrected chi connectivity index (χ0v) is 15.5. The Morgan fingerprint density at radius 2 is 1.46 bits per heavy atom. The molecule has 0 amide bonds. The van der Waals surface area contributed by atoms with Gasteiger partial charge in [0, 0.05) is 17.9 Å². The first-order chi connectivity index (χ1) is 12.6. The van der Waals surface area contributed by atoms with Gasteiger partial charge in [0.2, 0.25) is 0 Å². The molecular formula is C24H26NO. The standard InChI is InChI=1S/C24H26NO/c1-25(2)22-15-9-10-18-16-17-21(23(18)22)24(26,19-11-5-3-6-12-19)20-13-7-4-8-14-20/h3-8,11-14,16-17,22,26H,9-10,15H2,1-2H3/t22-/m1/s1. The van der Waals surface area contributed by atoms with Crippen LogP contribution in [-0.4, -0.2) is 30.1 Å². The lowest BCUT2D eigenvalue weighted by Crippen LogP contribution is -2.46. The van der Waals surface area contributed by atoms with Gasteiger partial charge in [-0.15, -0.1) is 0 Å². The van der Waals surface area contributed by atoms with Gasteiger partial charge in [-0.3, -0.25) is 0 Å². The fraction of sp³-hybridized carbons (Fsp3) is 0.292. The Morgan fingerprint density at radius 3 is 2.00 bits per heavy atom. The first-order valence-electron chi connectivity index (χ1n) is 9.41. The van der Waals surface area contributed by atoms with E-state index in [-0.39, 0.29) is 0 Å². The maximum absolute atomic E-state index is 12.2. The molecule has 0 heterocycles. The summed E-state index contributed by atoms with van der Waals surface area (Å²) >= 11 is 0. The molecule has 2 fully saturated rings. The second kappa shape index (κ2) is 7.17. The van der Waals surface area contributed by atoms with E-state index in [0.29, 0.717) is 6.04 Å². The Morgan fingerprint density at radius 1 is 0.885 bits per heavy atom. The van der Waals surface area contributed by atoms with Crippen LogP contribution in [0.1, 0.15) is 30.4 Å². The van der Waals surface area contributed by atoms with Crippen LogP contribution >= 0.6 is 0 Å². The Hall–Kier alpha value is -1.64. The van der Waals surface area contributed by atoms with Crippen LogP contribution in [0.5, 0.6) is 0 Å².